The first-order chi connectivity index (χ1) is 15.1. The highest BCUT2D eigenvalue weighted by Gasteiger charge is 2.48. The second kappa shape index (κ2) is 8.67. The van der Waals surface area contributed by atoms with E-state index in [1.165, 1.54) is 16.2 Å². The fourth-order valence-corrected chi connectivity index (χ4v) is 6.04. The van der Waals surface area contributed by atoms with Gasteiger partial charge in [-0.05, 0) is 37.8 Å². The van der Waals surface area contributed by atoms with Gasteiger partial charge in [0.25, 0.3) is 0 Å². The number of carbonyl (C=O) groups excluding carboxylic acids is 3. The number of imide groups is 1. The molecule has 3 amide bonds. The summed E-state index contributed by atoms with van der Waals surface area (Å²) in [5, 5.41) is 0.648. The summed E-state index contributed by atoms with van der Waals surface area (Å²) in [6.07, 6.45) is 5.59. The maximum absolute atomic E-state index is 13.3. The molecule has 0 N–H and O–H groups in total. The SMILES string of the molecule is O=C1[C@H]2CCCC[C@H]2C(=O)N1CCC(=O)N(C[C@@H]1CCCO1)c1nc2ccccc2s1. The minimum absolute atomic E-state index is 0.00566. The zero-order chi connectivity index (χ0) is 21.4. The normalized spacial score (nSPS) is 25.9. The topological polar surface area (TPSA) is 79.8 Å². The molecule has 7 nitrogen and oxygen atoms in total. The van der Waals surface area contributed by atoms with Crippen LogP contribution in [0.1, 0.15) is 44.9 Å². The predicted octanol–water partition coefficient (Wildman–Crippen LogP) is 3.37. The lowest BCUT2D eigenvalue weighted by atomic mass is 9.81. The van der Waals surface area contributed by atoms with E-state index in [2.05, 4.69) is 4.98 Å². The molecule has 0 bridgehead atoms. The Kier molecular flexibility index (Phi) is 5.75. The van der Waals surface area contributed by atoms with Crippen LogP contribution >= 0.6 is 11.3 Å². The molecule has 3 aliphatic rings. The number of likely N-dealkylation sites (tertiary alicyclic amines) is 1. The molecule has 164 valence electrons. The summed E-state index contributed by atoms with van der Waals surface area (Å²) in [7, 11) is 0. The summed E-state index contributed by atoms with van der Waals surface area (Å²) >= 11 is 1.48. The van der Waals surface area contributed by atoms with Gasteiger partial charge >= 0.3 is 0 Å². The van der Waals surface area contributed by atoms with Crippen LogP contribution in [-0.4, -0.2) is 53.4 Å². The van der Waals surface area contributed by atoms with Gasteiger partial charge in [0.2, 0.25) is 17.7 Å². The van der Waals surface area contributed by atoms with Crippen LogP contribution in [0, 0.1) is 11.8 Å². The maximum Gasteiger partial charge on any atom is 0.233 e. The molecule has 1 aromatic carbocycles. The number of benzene rings is 1. The Balaban J connectivity index is 1.32. The highest BCUT2D eigenvalue weighted by Crippen LogP contribution is 2.38. The van der Waals surface area contributed by atoms with Crippen molar-refractivity contribution < 1.29 is 19.1 Å². The van der Waals surface area contributed by atoms with Crippen molar-refractivity contribution in [1.82, 2.24) is 9.88 Å². The summed E-state index contributed by atoms with van der Waals surface area (Å²) in [5.41, 5.74) is 0.863. The van der Waals surface area contributed by atoms with Gasteiger partial charge in [-0.1, -0.05) is 36.3 Å². The molecule has 2 saturated heterocycles. The van der Waals surface area contributed by atoms with Crippen LogP contribution in [0.15, 0.2) is 24.3 Å². The molecule has 5 rings (SSSR count). The van der Waals surface area contributed by atoms with Crippen molar-refractivity contribution in [2.24, 2.45) is 11.8 Å². The lowest BCUT2D eigenvalue weighted by Gasteiger charge is -2.24. The van der Waals surface area contributed by atoms with Crippen molar-refractivity contribution in [2.75, 3.05) is 24.6 Å². The number of thiazole rings is 1. The lowest BCUT2D eigenvalue weighted by molar-refractivity contribution is -0.140. The number of carbonyl (C=O) groups is 3. The van der Waals surface area contributed by atoms with E-state index in [1.54, 1.807) is 4.90 Å². The van der Waals surface area contributed by atoms with Crippen LogP contribution in [0.2, 0.25) is 0 Å². The lowest BCUT2D eigenvalue weighted by Crippen LogP contribution is -2.40. The predicted molar refractivity (Wildman–Crippen MR) is 118 cm³/mol. The van der Waals surface area contributed by atoms with Gasteiger partial charge in [-0.3, -0.25) is 24.2 Å². The molecular weight excluding hydrogens is 414 g/mol. The Morgan fingerprint density at radius 2 is 1.84 bits per heavy atom. The third-order valence-corrected chi connectivity index (χ3v) is 7.77. The molecule has 2 aromatic rings. The first-order valence-electron chi connectivity index (χ1n) is 11.2. The molecule has 8 heteroatoms. The van der Waals surface area contributed by atoms with E-state index in [1.807, 2.05) is 24.3 Å². The van der Waals surface area contributed by atoms with Gasteiger partial charge in [0.05, 0.1) is 34.7 Å². The van der Waals surface area contributed by atoms with Crippen LogP contribution in [0.3, 0.4) is 0 Å². The Labute approximate surface area is 185 Å². The highest BCUT2D eigenvalue weighted by molar-refractivity contribution is 7.22. The summed E-state index contributed by atoms with van der Waals surface area (Å²) < 4.78 is 6.79. The van der Waals surface area contributed by atoms with Crippen LogP contribution < -0.4 is 4.90 Å². The van der Waals surface area contributed by atoms with Crippen molar-refractivity contribution >= 4 is 44.4 Å². The maximum atomic E-state index is 13.3. The Morgan fingerprint density at radius 1 is 1.10 bits per heavy atom. The molecule has 1 saturated carbocycles. The molecule has 3 heterocycles. The zero-order valence-corrected chi connectivity index (χ0v) is 18.3. The molecule has 3 fully saturated rings. The van der Waals surface area contributed by atoms with Crippen molar-refractivity contribution in [2.45, 2.75) is 51.0 Å². The van der Waals surface area contributed by atoms with E-state index in [9.17, 15) is 14.4 Å². The van der Waals surface area contributed by atoms with Crippen LogP contribution in [0.5, 0.6) is 0 Å². The number of anilines is 1. The number of ether oxygens (including phenoxy) is 1. The quantitative estimate of drug-likeness (QED) is 0.642. The molecule has 0 radical (unpaired) electrons. The average Bonchev–Trinajstić information content (AvgIpc) is 3.50. The Hall–Kier alpha value is -2.32. The van der Waals surface area contributed by atoms with Crippen LogP contribution in [0.4, 0.5) is 5.13 Å². The van der Waals surface area contributed by atoms with E-state index in [-0.39, 0.29) is 48.6 Å². The zero-order valence-electron chi connectivity index (χ0n) is 17.5. The van der Waals surface area contributed by atoms with Crippen molar-refractivity contribution in [3.63, 3.8) is 0 Å². The van der Waals surface area contributed by atoms with Gasteiger partial charge in [-0.25, -0.2) is 4.98 Å². The summed E-state index contributed by atoms with van der Waals surface area (Å²) in [6.45, 7) is 1.31. The summed E-state index contributed by atoms with van der Waals surface area (Å²) in [6, 6.07) is 7.82. The number of para-hydroxylation sites is 1. The minimum atomic E-state index is -0.177. The number of aromatic nitrogens is 1. The third-order valence-electron chi connectivity index (χ3n) is 6.71. The fraction of sp³-hybridized carbons (Fsp3) is 0.565. The van der Waals surface area contributed by atoms with Gasteiger partial charge in [0, 0.05) is 19.6 Å². The molecule has 0 unspecified atom stereocenters. The smallest absolute Gasteiger partial charge is 0.233 e. The Bertz CT molecular complexity index is 943. The number of rotatable bonds is 6. The van der Waals surface area contributed by atoms with E-state index < -0.39 is 0 Å². The Morgan fingerprint density at radius 3 is 2.52 bits per heavy atom. The first-order valence-corrected chi connectivity index (χ1v) is 12.1. The molecular formula is C23H27N3O4S. The highest BCUT2D eigenvalue weighted by atomic mass is 32.1. The first kappa shape index (κ1) is 20.6. The van der Waals surface area contributed by atoms with Crippen LogP contribution in [-0.2, 0) is 19.1 Å². The number of nitrogens with zero attached hydrogens (tertiary/aromatic N) is 3. The second-order valence-corrected chi connectivity index (χ2v) is 9.69. The average molecular weight is 442 g/mol. The van der Waals surface area contributed by atoms with Gasteiger partial charge in [-0.2, -0.15) is 0 Å². The van der Waals surface area contributed by atoms with Gasteiger partial charge in [0.1, 0.15) is 0 Å². The van der Waals surface area contributed by atoms with E-state index in [0.29, 0.717) is 18.3 Å². The van der Waals surface area contributed by atoms with Gasteiger partial charge in [-0.15, -0.1) is 0 Å². The second-order valence-electron chi connectivity index (χ2n) is 8.68. The number of amides is 3. The number of hydrogen-bond donors (Lipinski definition) is 0. The number of hydrogen-bond acceptors (Lipinski definition) is 6. The monoisotopic (exact) mass is 441 g/mol. The van der Waals surface area contributed by atoms with E-state index in [4.69, 9.17) is 4.74 Å². The van der Waals surface area contributed by atoms with Gasteiger partial charge in [0.15, 0.2) is 5.13 Å². The summed E-state index contributed by atoms with van der Waals surface area (Å²) in [5.74, 6) is -0.654. The molecule has 31 heavy (non-hydrogen) atoms. The summed E-state index contributed by atoms with van der Waals surface area (Å²) in [4.78, 5) is 46.5. The molecule has 2 aliphatic heterocycles. The molecule has 1 aliphatic carbocycles. The number of fused-ring (bicyclic) bond motifs is 2. The van der Waals surface area contributed by atoms with Crippen molar-refractivity contribution in [3.8, 4) is 0 Å². The minimum Gasteiger partial charge on any atom is -0.376 e. The third kappa shape index (κ3) is 3.99. The van der Waals surface area contributed by atoms with Crippen molar-refractivity contribution in [3.05, 3.63) is 24.3 Å². The van der Waals surface area contributed by atoms with Crippen molar-refractivity contribution in [1.29, 1.82) is 0 Å². The molecule has 3 atom stereocenters. The largest absolute Gasteiger partial charge is 0.376 e. The van der Waals surface area contributed by atoms with E-state index >= 15 is 0 Å². The molecule has 1 aromatic heterocycles. The van der Waals surface area contributed by atoms with E-state index in [0.717, 1.165) is 48.7 Å². The van der Waals surface area contributed by atoms with Gasteiger partial charge < -0.3 is 4.74 Å². The molecule has 0 spiro atoms. The van der Waals surface area contributed by atoms with Crippen LogP contribution in [0.25, 0.3) is 10.2 Å². The fourth-order valence-electron chi connectivity index (χ4n) is 5.05. The standard InChI is InChI=1S/C23H27N3O4S/c27-20(11-12-25-21(28)16-7-1-2-8-17(16)22(25)29)26(14-15-6-5-13-30-15)23-24-18-9-3-4-10-19(18)31-23/h3-4,9-10,15-17H,1-2,5-8,11-14H2/t15-,16-,17+/m0/s1.